The normalized spacial score (nSPS) is 10.7. The summed E-state index contributed by atoms with van der Waals surface area (Å²) in [6, 6.07) is 33.0. The van der Waals surface area contributed by atoms with E-state index in [2.05, 4.69) is 15.3 Å². The van der Waals surface area contributed by atoms with Gasteiger partial charge in [0.15, 0.2) is 17.5 Å². The average Bonchev–Trinajstić information content (AvgIpc) is 3.02. The first-order chi connectivity index (χ1) is 19.2. The van der Waals surface area contributed by atoms with Crippen LogP contribution < -0.4 is 5.32 Å². The van der Waals surface area contributed by atoms with Crippen LogP contribution in [0.25, 0.3) is 34.2 Å². The molecule has 7 heteroatoms. The summed E-state index contributed by atoms with van der Waals surface area (Å²) in [7, 11) is 0. The number of hydrogen-bond donors (Lipinski definition) is 2. The minimum atomic E-state index is 0.390. The summed E-state index contributed by atoms with van der Waals surface area (Å²) in [5.41, 5.74) is 6.22. The molecule has 0 aliphatic rings. The molecule has 186 valence electrons. The minimum absolute atomic E-state index is 0.390. The maximum atomic E-state index is 9.08. The van der Waals surface area contributed by atoms with Gasteiger partial charge in [0.05, 0.1) is 5.71 Å². The fraction of sp³-hybridized carbons (Fsp3) is 0. The summed E-state index contributed by atoms with van der Waals surface area (Å²) in [4.78, 5) is 22.6. The van der Waals surface area contributed by atoms with Crippen molar-refractivity contribution in [2.45, 2.75) is 0 Å². The quantitative estimate of drug-likeness (QED) is 0.231. The summed E-state index contributed by atoms with van der Waals surface area (Å²) in [5, 5.41) is 12.5. The van der Waals surface area contributed by atoms with Gasteiger partial charge in [0.2, 0.25) is 0 Å². The molecule has 3 aromatic carbocycles. The molecule has 0 aliphatic carbocycles. The van der Waals surface area contributed by atoms with Crippen molar-refractivity contribution in [1.82, 2.24) is 24.9 Å². The molecule has 0 atom stereocenters. The van der Waals surface area contributed by atoms with Crippen molar-refractivity contribution in [3.05, 3.63) is 139 Å². The van der Waals surface area contributed by atoms with Gasteiger partial charge in [0, 0.05) is 64.0 Å². The van der Waals surface area contributed by atoms with Gasteiger partial charge < -0.3 is 5.32 Å². The number of para-hydroxylation sites is 1. The molecular weight excluding hydrogens is 482 g/mol. The fourth-order valence-electron chi connectivity index (χ4n) is 4.22. The van der Waals surface area contributed by atoms with Gasteiger partial charge in [-0.05, 0) is 36.4 Å². The van der Waals surface area contributed by atoms with Gasteiger partial charge in [-0.1, -0.05) is 66.7 Å². The third-order valence-corrected chi connectivity index (χ3v) is 6.17. The number of anilines is 2. The van der Waals surface area contributed by atoms with Crippen LogP contribution in [0.3, 0.4) is 0 Å². The van der Waals surface area contributed by atoms with Crippen molar-refractivity contribution in [3.8, 4) is 34.2 Å². The van der Waals surface area contributed by atoms with Gasteiger partial charge in [-0.15, -0.1) is 0 Å². The van der Waals surface area contributed by atoms with Crippen molar-refractivity contribution in [3.63, 3.8) is 0 Å². The van der Waals surface area contributed by atoms with Crippen molar-refractivity contribution in [2.24, 2.45) is 0 Å². The molecule has 3 aromatic heterocycles. The zero-order chi connectivity index (χ0) is 26.4. The number of benzene rings is 3. The summed E-state index contributed by atoms with van der Waals surface area (Å²) in [6.07, 6.45) is 6.91. The van der Waals surface area contributed by atoms with Crippen LogP contribution in [0.5, 0.6) is 0 Å². The Hall–Kier alpha value is -5.56. The van der Waals surface area contributed by atoms with E-state index in [0.717, 1.165) is 39.2 Å². The maximum absolute atomic E-state index is 9.08. The van der Waals surface area contributed by atoms with E-state index in [1.807, 2.05) is 103 Å². The number of aromatic nitrogens is 5. The predicted octanol–water partition coefficient (Wildman–Crippen LogP) is 6.82. The highest BCUT2D eigenvalue weighted by molar-refractivity contribution is 6.14. The predicted molar refractivity (Wildman–Crippen MR) is 154 cm³/mol. The lowest BCUT2D eigenvalue weighted by Gasteiger charge is -2.14. The first-order valence-electron chi connectivity index (χ1n) is 12.4. The van der Waals surface area contributed by atoms with Gasteiger partial charge in [0.1, 0.15) is 0 Å². The number of hydrogen-bond acceptors (Lipinski definition) is 7. The Labute approximate surface area is 225 Å². The van der Waals surface area contributed by atoms with Crippen molar-refractivity contribution < 1.29 is 0 Å². The highest BCUT2D eigenvalue weighted by Gasteiger charge is 2.15. The molecule has 6 rings (SSSR count). The summed E-state index contributed by atoms with van der Waals surface area (Å²) in [6.45, 7) is 0. The second-order valence-corrected chi connectivity index (χ2v) is 8.77. The van der Waals surface area contributed by atoms with Crippen LogP contribution >= 0.6 is 0 Å². The molecule has 0 radical (unpaired) electrons. The van der Waals surface area contributed by atoms with Crippen molar-refractivity contribution >= 4 is 17.1 Å². The molecule has 7 nitrogen and oxygen atoms in total. The average molecular weight is 506 g/mol. The Balaban J connectivity index is 1.40. The lowest BCUT2D eigenvalue weighted by atomic mass is 9.98. The van der Waals surface area contributed by atoms with Crippen LogP contribution in [0.15, 0.2) is 128 Å². The smallest absolute Gasteiger partial charge is 0.164 e. The van der Waals surface area contributed by atoms with Gasteiger partial charge in [-0.3, -0.25) is 15.4 Å². The van der Waals surface area contributed by atoms with Crippen molar-refractivity contribution in [2.75, 3.05) is 5.32 Å². The highest BCUT2D eigenvalue weighted by atomic mass is 15.0. The van der Waals surface area contributed by atoms with E-state index in [1.165, 1.54) is 0 Å². The van der Waals surface area contributed by atoms with Gasteiger partial charge in [-0.2, -0.15) is 0 Å². The molecule has 0 bridgehead atoms. The largest absolute Gasteiger partial charge is 0.355 e. The number of pyridine rings is 2. The van der Waals surface area contributed by atoms with E-state index < -0.39 is 0 Å². The molecule has 2 N–H and O–H groups in total. The van der Waals surface area contributed by atoms with E-state index in [0.29, 0.717) is 23.2 Å². The highest BCUT2D eigenvalue weighted by Crippen LogP contribution is 2.27. The molecule has 0 fully saturated rings. The molecule has 6 aromatic rings. The zero-order valence-corrected chi connectivity index (χ0v) is 20.9. The van der Waals surface area contributed by atoms with Gasteiger partial charge >= 0.3 is 0 Å². The van der Waals surface area contributed by atoms with Crippen LogP contribution in [0, 0.1) is 5.41 Å². The molecule has 0 amide bonds. The lowest BCUT2D eigenvalue weighted by molar-refractivity contribution is 1.07. The van der Waals surface area contributed by atoms with E-state index in [1.54, 1.807) is 24.8 Å². The fourth-order valence-corrected chi connectivity index (χ4v) is 4.22. The standard InChI is InChI=1S/C32H23N7/c33-29(27-11-4-5-12-28(27)36-26-15-19-35-20-16-26)24-9-6-10-25(21-24)32-38-30(22-7-2-1-3-8-22)37-31(39-32)23-13-17-34-18-14-23/h1-21,33H,(H,35,36). The molecule has 0 spiro atoms. The third-order valence-electron chi connectivity index (χ3n) is 6.17. The van der Waals surface area contributed by atoms with Crippen LogP contribution in [-0.2, 0) is 0 Å². The zero-order valence-electron chi connectivity index (χ0n) is 20.9. The van der Waals surface area contributed by atoms with Crippen molar-refractivity contribution in [1.29, 1.82) is 5.41 Å². The van der Waals surface area contributed by atoms with E-state index in [-0.39, 0.29) is 0 Å². The lowest BCUT2D eigenvalue weighted by Crippen LogP contribution is -2.06. The summed E-state index contributed by atoms with van der Waals surface area (Å²) >= 11 is 0. The Bertz CT molecular complexity index is 1680. The number of nitrogens with zero attached hydrogens (tertiary/aromatic N) is 5. The minimum Gasteiger partial charge on any atom is -0.355 e. The molecule has 3 heterocycles. The first-order valence-corrected chi connectivity index (χ1v) is 12.4. The Kier molecular flexibility index (Phi) is 6.61. The van der Waals surface area contributed by atoms with E-state index >= 15 is 0 Å². The van der Waals surface area contributed by atoms with Crippen LogP contribution in [0.4, 0.5) is 11.4 Å². The second-order valence-electron chi connectivity index (χ2n) is 8.77. The second kappa shape index (κ2) is 10.8. The molecule has 0 aliphatic heterocycles. The molecule has 39 heavy (non-hydrogen) atoms. The summed E-state index contributed by atoms with van der Waals surface area (Å²) < 4.78 is 0. The van der Waals surface area contributed by atoms with Crippen LogP contribution in [0.2, 0.25) is 0 Å². The molecule has 0 unspecified atom stereocenters. The van der Waals surface area contributed by atoms with Gasteiger partial charge in [0.25, 0.3) is 0 Å². The van der Waals surface area contributed by atoms with E-state index in [9.17, 15) is 0 Å². The van der Waals surface area contributed by atoms with Crippen LogP contribution in [0.1, 0.15) is 11.1 Å². The number of nitrogens with one attached hydrogen (secondary N) is 2. The molecule has 0 saturated carbocycles. The summed E-state index contributed by atoms with van der Waals surface area (Å²) in [5.74, 6) is 1.68. The Morgan fingerprint density at radius 1 is 0.538 bits per heavy atom. The maximum Gasteiger partial charge on any atom is 0.164 e. The topological polar surface area (TPSA) is 100 Å². The molecule has 0 saturated heterocycles. The Morgan fingerprint density at radius 2 is 1.10 bits per heavy atom. The number of rotatable bonds is 7. The molecular formula is C32H23N7. The van der Waals surface area contributed by atoms with Crippen LogP contribution in [-0.4, -0.2) is 30.6 Å². The third kappa shape index (κ3) is 5.28. The SMILES string of the molecule is N=C(c1cccc(-c2nc(-c3ccccc3)nc(-c3ccncc3)n2)c1)c1ccccc1Nc1ccncc1. The van der Waals surface area contributed by atoms with E-state index in [4.69, 9.17) is 20.4 Å². The Morgan fingerprint density at radius 3 is 1.82 bits per heavy atom. The van der Waals surface area contributed by atoms with Gasteiger partial charge in [-0.25, -0.2) is 15.0 Å². The first kappa shape index (κ1) is 23.8. The monoisotopic (exact) mass is 505 g/mol.